The van der Waals surface area contributed by atoms with Crippen LogP contribution in [-0.2, 0) is 0 Å². The van der Waals surface area contributed by atoms with E-state index in [9.17, 15) is 5.11 Å². The first-order valence-electron chi connectivity index (χ1n) is 6.52. The summed E-state index contributed by atoms with van der Waals surface area (Å²) in [6, 6.07) is 3.81. The number of aromatic nitrogens is 3. The average molecular weight is 269 g/mol. The molecule has 0 amide bonds. The zero-order valence-corrected chi connectivity index (χ0v) is 11.1. The molecule has 0 radical (unpaired) electrons. The van der Waals surface area contributed by atoms with Gasteiger partial charge in [0.1, 0.15) is 5.69 Å². The van der Waals surface area contributed by atoms with Crippen LogP contribution in [-0.4, -0.2) is 32.8 Å². The number of anilines is 1. The fraction of sp³-hybridized carbons (Fsp3) is 0.214. The summed E-state index contributed by atoms with van der Waals surface area (Å²) in [5, 5.41) is 12.9. The lowest BCUT2D eigenvalue weighted by atomic mass is 10.1. The van der Waals surface area contributed by atoms with Gasteiger partial charge < -0.3 is 15.4 Å². The number of aromatic amines is 1. The second kappa shape index (κ2) is 5.16. The Morgan fingerprint density at radius 1 is 1.45 bits per heavy atom. The Morgan fingerprint density at radius 3 is 3.20 bits per heavy atom. The van der Waals surface area contributed by atoms with Gasteiger partial charge in [-0.25, -0.2) is 9.98 Å². The van der Waals surface area contributed by atoms with Crippen LogP contribution in [0.5, 0.6) is 5.88 Å². The summed E-state index contributed by atoms with van der Waals surface area (Å²) in [5.74, 6) is 1.24. The molecule has 0 saturated heterocycles. The van der Waals surface area contributed by atoms with E-state index in [2.05, 4.69) is 32.2 Å². The van der Waals surface area contributed by atoms with Crippen LogP contribution in [0.25, 0.3) is 11.6 Å². The summed E-state index contributed by atoms with van der Waals surface area (Å²) in [6.07, 6.45) is 6.25. The summed E-state index contributed by atoms with van der Waals surface area (Å²) in [7, 11) is 0. The van der Waals surface area contributed by atoms with Crippen LogP contribution in [0.2, 0.25) is 0 Å². The number of pyridine rings is 1. The van der Waals surface area contributed by atoms with Crippen LogP contribution in [0, 0.1) is 0 Å². The molecule has 20 heavy (non-hydrogen) atoms. The Balaban J connectivity index is 1.90. The highest BCUT2D eigenvalue weighted by Gasteiger charge is 2.14. The van der Waals surface area contributed by atoms with Crippen molar-refractivity contribution in [2.24, 2.45) is 4.99 Å². The first-order valence-corrected chi connectivity index (χ1v) is 6.52. The van der Waals surface area contributed by atoms with E-state index in [0.29, 0.717) is 17.5 Å². The third-order valence-corrected chi connectivity index (χ3v) is 2.98. The van der Waals surface area contributed by atoms with Gasteiger partial charge in [-0.3, -0.25) is 0 Å². The Kier molecular flexibility index (Phi) is 3.20. The molecule has 0 atom stereocenters. The number of H-pyrrole nitrogens is 1. The number of aliphatic imine (C=N–C) groups is 1. The second-order valence-electron chi connectivity index (χ2n) is 4.48. The number of rotatable bonds is 4. The second-order valence-corrected chi connectivity index (χ2v) is 4.48. The molecule has 0 aliphatic carbocycles. The largest absolute Gasteiger partial charge is 0.492 e. The molecule has 2 aromatic rings. The SMILES string of the molecule is CCCNc1nc(O)c(C=C2C=Nc3ncccc32)[nH]1. The van der Waals surface area contributed by atoms with Gasteiger partial charge in [0.15, 0.2) is 5.82 Å². The molecule has 0 bridgehead atoms. The first kappa shape index (κ1) is 12.4. The molecule has 0 aromatic carbocycles. The highest BCUT2D eigenvalue weighted by molar-refractivity contribution is 6.20. The topological polar surface area (TPSA) is 86.2 Å². The maximum Gasteiger partial charge on any atom is 0.238 e. The van der Waals surface area contributed by atoms with Crippen molar-refractivity contribution in [2.45, 2.75) is 13.3 Å². The molecule has 102 valence electrons. The van der Waals surface area contributed by atoms with E-state index in [1.54, 1.807) is 12.4 Å². The lowest BCUT2D eigenvalue weighted by molar-refractivity contribution is 0.455. The van der Waals surface area contributed by atoms with Gasteiger partial charge in [0.25, 0.3) is 0 Å². The predicted molar refractivity (Wildman–Crippen MR) is 79.3 cm³/mol. The minimum Gasteiger partial charge on any atom is -0.492 e. The predicted octanol–water partition coefficient (Wildman–Crippen LogP) is 2.59. The van der Waals surface area contributed by atoms with Crippen molar-refractivity contribution in [1.29, 1.82) is 0 Å². The summed E-state index contributed by atoms with van der Waals surface area (Å²) >= 11 is 0. The van der Waals surface area contributed by atoms with Gasteiger partial charge >= 0.3 is 0 Å². The molecule has 0 saturated carbocycles. The highest BCUT2D eigenvalue weighted by atomic mass is 16.3. The summed E-state index contributed by atoms with van der Waals surface area (Å²) in [4.78, 5) is 15.5. The standard InChI is InChI=1S/C14H15N5O/c1-2-5-16-14-18-11(13(20)19-14)7-9-8-17-12-10(9)4-3-6-15-12/h3-4,6-8,20H,2,5H2,1H3,(H2,16,18,19). The fourth-order valence-corrected chi connectivity index (χ4v) is 2.00. The van der Waals surface area contributed by atoms with Crippen molar-refractivity contribution in [3.63, 3.8) is 0 Å². The molecular formula is C14H15N5O. The molecule has 3 N–H and O–H groups in total. The van der Waals surface area contributed by atoms with Crippen molar-refractivity contribution < 1.29 is 5.11 Å². The number of hydrogen-bond donors (Lipinski definition) is 3. The number of nitrogens with one attached hydrogen (secondary N) is 2. The maximum absolute atomic E-state index is 9.85. The zero-order chi connectivity index (χ0) is 13.9. The molecule has 1 aliphatic rings. The molecule has 6 heteroatoms. The molecule has 0 spiro atoms. The Bertz CT molecular complexity index is 687. The van der Waals surface area contributed by atoms with E-state index in [4.69, 9.17) is 0 Å². The van der Waals surface area contributed by atoms with E-state index < -0.39 is 0 Å². The van der Waals surface area contributed by atoms with Gasteiger partial charge in [0, 0.05) is 30.1 Å². The van der Waals surface area contributed by atoms with Crippen LogP contribution in [0.15, 0.2) is 23.3 Å². The van der Waals surface area contributed by atoms with Crippen LogP contribution < -0.4 is 5.32 Å². The van der Waals surface area contributed by atoms with Gasteiger partial charge in [-0.05, 0) is 24.6 Å². The number of fused-ring (bicyclic) bond motifs is 1. The summed E-state index contributed by atoms with van der Waals surface area (Å²) in [5.41, 5.74) is 2.40. The number of allylic oxidation sites excluding steroid dienone is 1. The van der Waals surface area contributed by atoms with Crippen molar-refractivity contribution in [3.05, 3.63) is 29.6 Å². The van der Waals surface area contributed by atoms with Gasteiger partial charge in [-0.15, -0.1) is 0 Å². The number of imidazole rings is 1. The molecule has 3 rings (SSSR count). The molecule has 0 fully saturated rings. The normalized spacial score (nSPS) is 14.8. The molecule has 2 aromatic heterocycles. The quantitative estimate of drug-likeness (QED) is 0.796. The summed E-state index contributed by atoms with van der Waals surface area (Å²) in [6.45, 7) is 2.87. The maximum atomic E-state index is 9.85. The lowest BCUT2D eigenvalue weighted by Gasteiger charge is -1.98. The number of nitrogens with zero attached hydrogens (tertiary/aromatic N) is 3. The number of aromatic hydroxyl groups is 1. The molecule has 3 heterocycles. The summed E-state index contributed by atoms with van der Waals surface area (Å²) < 4.78 is 0. The van der Waals surface area contributed by atoms with Gasteiger partial charge in [-0.1, -0.05) is 6.92 Å². The fourth-order valence-electron chi connectivity index (χ4n) is 2.00. The van der Waals surface area contributed by atoms with E-state index in [0.717, 1.165) is 24.1 Å². The van der Waals surface area contributed by atoms with Crippen LogP contribution >= 0.6 is 0 Å². The minimum absolute atomic E-state index is 0.0261. The Hall–Kier alpha value is -2.63. The smallest absolute Gasteiger partial charge is 0.238 e. The Morgan fingerprint density at radius 2 is 2.35 bits per heavy atom. The first-order chi connectivity index (χ1) is 9.78. The Labute approximate surface area is 116 Å². The van der Waals surface area contributed by atoms with Crippen LogP contribution in [0.1, 0.15) is 24.6 Å². The van der Waals surface area contributed by atoms with E-state index >= 15 is 0 Å². The monoisotopic (exact) mass is 269 g/mol. The average Bonchev–Trinajstić information content (AvgIpc) is 3.02. The third-order valence-electron chi connectivity index (χ3n) is 2.98. The zero-order valence-electron chi connectivity index (χ0n) is 11.1. The van der Waals surface area contributed by atoms with Crippen molar-refractivity contribution in [3.8, 4) is 5.88 Å². The van der Waals surface area contributed by atoms with E-state index in [1.807, 2.05) is 18.2 Å². The van der Waals surface area contributed by atoms with Gasteiger partial charge in [0.05, 0.1) is 0 Å². The van der Waals surface area contributed by atoms with Crippen molar-refractivity contribution in [2.75, 3.05) is 11.9 Å². The van der Waals surface area contributed by atoms with Crippen LogP contribution in [0.3, 0.4) is 0 Å². The molecular weight excluding hydrogens is 254 g/mol. The molecule has 1 aliphatic heterocycles. The van der Waals surface area contributed by atoms with Gasteiger partial charge in [0.2, 0.25) is 11.8 Å². The number of hydrogen-bond acceptors (Lipinski definition) is 5. The highest BCUT2D eigenvalue weighted by Crippen LogP contribution is 2.31. The van der Waals surface area contributed by atoms with Crippen molar-refractivity contribution in [1.82, 2.24) is 15.0 Å². The van der Waals surface area contributed by atoms with Crippen molar-refractivity contribution >= 4 is 29.6 Å². The third kappa shape index (κ3) is 2.27. The van der Waals surface area contributed by atoms with Crippen LogP contribution in [0.4, 0.5) is 11.8 Å². The van der Waals surface area contributed by atoms with Gasteiger partial charge in [-0.2, -0.15) is 4.98 Å². The molecule has 6 nitrogen and oxygen atoms in total. The molecule has 0 unspecified atom stereocenters. The van der Waals surface area contributed by atoms with E-state index in [1.165, 1.54) is 0 Å². The van der Waals surface area contributed by atoms with E-state index in [-0.39, 0.29) is 5.88 Å². The minimum atomic E-state index is -0.0261. The lowest BCUT2D eigenvalue weighted by Crippen LogP contribution is -2.00.